The largest absolute Gasteiger partial charge is 0.480 e. The molecule has 1 aliphatic rings. The Balaban J connectivity index is 1.93. The van der Waals surface area contributed by atoms with Crippen molar-refractivity contribution in [1.82, 2.24) is 5.32 Å². The zero-order valence-corrected chi connectivity index (χ0v) is 10.6. The second-order valence-electron chi connectivity index (χ2n) is 3.96. The van der Waals surface area contributed by atoms with Crippen molar-refractivity contribution in [3.8, 4) is 0 Å². The average molecular weight is 265 g/mol. The average Bonchev–Trinajstić information content (AvgIpc) is 2.95. The Labute approximate surface area is 107 Å². The monoisotopic (exact) mass is 265 g/mol. The smallest absolute Gasteiger partial charge is 0.321 e. The van der Waals surface area contributed by atoms with E-state index in [1.54, 1.807) is 23.1 Å². The maximum atomic E-state index is 10.9. The van der Waals surface area contributed by atoms with Gasteiger partial charge in [-0.3, -0.25) is 10.1 Å². The van der Waals surface area contributed by atoms with Gasteiger partial charge in [-0.1, -0.05) is 18.2 Å². The van der Waals surface area contributed by atoms with Crippen molar-refractivity contribution in [2.24, 2.45) is 0 Å². The van der Waals surface area contributed by atoms with Gasteiger partial charge in [0.15, 0.2) is 0 Å². The number of benzene rings is 1. The fraction of sp³-hybridized carbons (Fsp3) is 0.250. The minimum Gasteiger partial charge on any atom is -0.480 e. The van der Waals surface area contributed by atoms with E-state index in [0.717, 1.165) is 0 Å². The van der Waals surface area contributed by atoms with Crippen LogP contribution in [0.2, 0.25) is 0 Å². The number of carboxylic acids is 1. The predicted molar refractivity (Wildman–Crippen MR) is 71.6 cm³/mol. The molecule has 2 atom stereocenters. The number of fused-ring (bicyclic) bond motifs is 1. The third-order valence-electron chi connectivity index (χ3n) is 2.87. The van der Waals surface area contributed by atoms with Crippen LogP contribution in [0.5, 0.6) is 0 Å². The number of thiophene rings is 1. The van der Waals surface area contributed by atoms with Gasteiger partial charge < -0.3 is 5.11 Å². The van der Waals surface area contributed by atoms with Gasteiger partial charge in [0, 0.05) is 10.5 Å². The van der Waals surface area contributed by atoms with E-state index in [4.69, 9.17) is 5.11 Å². The highest BCUT2D eigenvalue weighted by molar-refractivity contribution is 7.99. The molecule has 2 N–H and O–H groups in total. The van der Waals surface area contributed by atoms with E-state index in [1.165, 1.54) is 15.6 Å². The number of rotatable bonds is 2. The second-order valence-corrected chi connectivity index (χ2v) is 6.01. The van der Waals surface area contributed by atoms with Crippen LogP contribution in [0.1, 0.15) is 10.9 Å². The molecule has 1 fully saturated rings. The van der Waals surface area contributed by atoms with Gasteiger partial charge in [-0.05, 0) is 22.4 Å². The summed E-state index contributed by atoms with van der Waals surface area (Å²) in [6, 6.07) is 7.81. The van der Waals surface area contributed by atoms with Gasteiger partial charge in [-0.25, -0.2) is 0 Å². The number of hydrogen-bond acceptors (Lipinski definition) is 4. The van der Waals surface area contributed by atoms with Crippen LogP contribution in [0.15, 0.2) is 29.6 Å². The molecule has 3 rings (SSSR count). The first-order valence-electron chi connectivity index (χ1n) is 5.32. The molecular weight excluding hydrogens is 254 g/mol. The van der Waals surface area contributed by atoms with Crippen LogP contribution in [-0.2, 0) is 4.79 Å². The van der Waals surface area contributed by atoms with E-state index in [9.17, 15) is 4.79 Å². The number of carboxylic acid groups (broad SMARTS) is 1. The zero-order valence-electron chi connectivity index (χ0n) is 8.92. The molecule has 2 aromatic rings. The normalized spacial score (nSPS) is 24.2. The van der Waals surface area contributed by atoms with Crippen LogP contribution in [0.4, 0.5) is 0 Å². The standard InChI is InChI=1S/C12H11NO2S2/c14-12(15)9-6-17-11(13-9)8-5-16-10-4-2-1-3-7(8)10/h1-5,9,11,13H,6H2,(H,14,15)/t9-,11?/m0/s1. The highest BCUT2D eigenvalue weighted by Crippen LogP contribution is 2.39. The lowest BCUT2D eigenvalue weighted by molar-refractivity contribution is -0.138. The number of carbonyl (C=O) groups is 1. The number of nitrogens with one attached hydrogen (secondary N) is 1. The Morgan fingerprint density at radius 2 is 2.24 bits per heavy atom. The predicted octanol–water partition coefficient (Wildman–Crippen LogP) is 2.69. The van der Waals surface area contributed by atoms with Gasteiger partial charge in [0.2, 0.25) is 0 Å². The summed E-state index contributed by atoms with van der Waals surface area (Å²) in [4.78, 5) is 10.9. The minimum absolute atomic E-state index is 0.104. The topological polar surface area (TPSA) is 49.3 Å². The molecule has 1 saturated heterocycles. The van der Waals surface area contributed by atoms with Gasteiger partial charge in [-0.2, -0.15) is 0 Å². The lowest BCUT2D eigenvalue weighted by Crippen LogP contribution is -2.33. The number of thioether (sulfide) groups is 1. The van der Waals surface area contributed by atoms with E-state index < -0.39 is 12.0 Å². The van der Waals surface area contributed by atoms with Gasteiger partial charge in [0.05, 0.1) is 5.37 Å². The van der Waals surface area contributed by atoms with E-state index in [1.807, 2.05) is 12.1 Å². The molecule has 0 saturated carbocycles. The van der Waals surface area contributed by atoms with Crippen LogP contribution in [0, 0.1) is 0 Å². The quantitative estimate of drug-likeness (QED) is 0.876. The van der Waals surface area contributed by atoms with Crippen LogP contribution in [0.25, 0.3) is 10.1 Å². The Hall–Kier alpha value is -1.04. The molecule has 2 heterocycles. The van der Waals surface area contributed by atoms with Crippen molar-refractivity contribution < 1.29 is 9.90 Å². The summed E-state index contributed by atoms with van der Waals surface area (Å²) in [5.41, 5.74) is 1.21. The van der Waals surface area contributed by atoms with E-state index in [2.05, 4.69) is 22.8 Å². The Morgan fingerprint density at radius 3 is 3.00 bits per heavy atom. The molecule has 88 valence electrons. The SMILES string of the molecule is O=C(O)[C@@H]1CSC(c2csc3ccccc23)N1. The number of hydrogen-bond donors (Lipinski definition) is 2. The molecule has 0 amide bonds. The maximum absolute atomic E-state index is 10.9. The Bertz CT molecular complexity index is 566. The second kappa shape index (κ2) is 4.33. The third kappa shape index (κ3) is 1.94. The summed E-state index contributed by atoms with van der Waals surface area (Å²) in [5.74, 6) is -0.135. The van der Waals surface area contributed by atoms with Crippen LogP contribution in [-0.4, -0.2) is 22.9 Å². The molecule has 1 aliphatic heterocycles. The fourth-order valence-corrected chi connectivity index (χ4v) is 4.33. The third-order valence-corrected chi connectivity index (χ3v) is 5.10. The summed E-state index contributed by atoms with van der Waals surface area (Å²) >= 11 is 3.38. The Kier molecular flexibility index (Phi) is 2.82. The molecule has 0 radical (unpaired) electrons. The lowest BCUT2D eigenvalue weighted by atomic mass is 10.1. The highest BCUT2D eigenvalue weighted by Gasteiger charge is 2.31. The first-order chi connectivity index (χ1) is 8.25. The van der Waals surface area contributed by atoms with Crippen molar-refractivity contribution in [3.63, 3.8) is 0 Å². The first kappa shape index (κ1) is 11.1. The van der Waals surface area contributed by atoms with Gasteiger partial charge >= 0.3 is 5.97 Å². The molecule has 0 aliphatic carbocycles. The maximum Gasteiger partial charge on any atom is 0.321 e. The van der Waals surface area contributed by atoms with Crippen molar-refractivity contribution in [2.45, 2.75) is 11.4 Å². The van der Waals surface area contributed by atoms with E-state index in [0.29, 0.717) is 5.75 Å². The van der Waals surface area contributed by atoms with Gasteiger partial charge in [0.1, 0.15) is 6.04 Å². The lowest BCUT2D eigenvalue weighted by Gasteiger charge is -2.09. The van der Waals surface area contributed by atoms with Crippen LogP contribution < -0.4 is 5.32 Å². The van der Waals surface area contributed by atoms with Crippen molar-refractivity contribution in [1.29, 1.82) is 0 Å². The first-order valence-corrected chi connectivity index (χ1v) is 7.25. The zero-order chi connectivity index (χ0) is 11.8. The van der Waals surface area contributed by atoms with Gasteiger partial charge in [-0.15, -0.1) is 23.1 Å². The summed E-state index contributed by atoms with van der Waals surface area (Å²) in [6.45, 7) is 0. The molecule has 1 unspecified atom stereocenters. The molecule has 17 heavy (non-hydrogen) atoms. The summed E-state index contributed by atoms with van der Waals surface area (Å²) in [6.07, 6.45) is 0. The molecule has 0 spiro atoms. The van der Waals surface area contributed by atoms with Crippen molar-refractivity contribution in [2.75, 3.05) is 5.75 Å². The highest BCUT2D eigenvalue weighted by atomic mass is 32.2. The molecule has 3 nitrogen and oxygen atoms in total. The van der Waals surface area contributed by atoms with Crippen LogP contribution in [0.3, 0.4) is 0 Å². The van der Waals surface area contributed by atoms with Crippen molar-refractivity contribution in [3.05, 3.63) is 35.2 Å². The molecule has 5 heteroatoms. The molecule has 1 aromatic carbocycles. The van der Waals surface area contributed by atoms with Crippen molar-refractivity contribution >= 4 is 39.2 Å². The molecule has 0 bridgehead atoms. The fourth-order valence-electron chi connectivity index (χ4n) is 1.99. The molecule has 1 aromatic heterocycles. The van der Waals surface area contributed by atoms with Gasteiger partial charge in [0.25, 0.3) is 0 Å². The summed E-state index contributed by atoms with van der Waals surface area (Å²) < 4.78 is 1.25. The number of aliphatic carboxylic acids is 1. The Morgan fingerprint density at radius 1 is 1.41 bits per heavy atom. The summed E-state index contributed by atoms with van der Waals surface area (Å²) in [7, 11) is 0. The van der Waals surface area contributed by atoms with E-state index in [-0.39, 0.29) is 5.37 Å². The summed E-state index contributed by atoms with van der Waals surface area (Å²) in [5, 5.41) is 15.6. The van der Waals surface area contributed by atoms with Crippen LogP contribution >= 0.6 is 23.1 Å². The van der Waals surface area contributed by atoms with E-state index >= 15 is 0 Å². The molecular formula is C12H11NO2S2. The minimum atomic E-state index is -0.764.